The highest BCUT2D eigenvalue weighted by atomic mass is 15.1. The molecule has 0 amide bonds. The zero-order chi connectivity index (χ0) is 40.5. The first kappa shape index (κ1) is 36.2. The van der Waals surface area contributed by atoms with Crippen LogP contribution in [0, 0.1) is 0 Å². The highest BCUT2D eigenvalue weighted by molar-refractivity contribution is 6.21. The van der Waals surface area contributed by atoms with Crippen LogP contribution in [0.3, 0.4) is 0 Å². The molecule has 0 aliphatic carbocycles. The maximum absolute atomic E-state index is 2.47. The van der Waals surface area contributed by atoms with Crippen molar-refractivity contribution in [3.05, 3.63) is 254 Å². The summed E-state index contributed by atoms with van der Waals surface area (Å²) in [6.45, 7) is 0. The molecule has 0 saturated carbocycles. The molecular formula is C59H42N2. The van der Waals surface area contributed by atoms with Gasteiger partial charge in [0.25, 0.3) is 0 Å². The van der Waals surface area contributed by atoms with Gasteiger partial charge in [-0.2, -0.15) is 0 Å². The number of anilines is 3. The van der Waals surface area contributed by atoms with Crippen LogP contribution in [-0.4, -0.2) is 4.57 Å². The van der Waals surface area contributed by atoms with E-state index in [0.717, 1.165) is 23.5 Å². The Hall–Kier alpha value is -7.94. The van der Waals surface area contributed by atoms with Crippen molar-refractivity contribution in [1.29, 1.82) is 0 Å². The summed E-state index contributed by atoms with van der Waals surface area (Å²) in [6.07, 6.45) is 0.740. The SMILES string of the molecule is c1ccc(-c2ccc(-c3ccc(N(c4ccccc4Cc4ccccc4-n4c5ccccc5c5c6ccccc6ccc54)c4ccccc4-c4ccccc4)cc3)cc2)cc1. The summed E-state index contributed by atoms with van der Waals surface area (Å²) in [4.78, 5) is 2.45. The van der Waals surface area contributed by atoms with Gasteiger partial charge in [0.15, 0.2) is 0 Å². The van der Waals surface area contributed by atoms with Gasteiger partial charge in [0.05, 0.1) is 16.7 Å². The largest absolute Gasteiger partial charge is 0.310 e. The predicted molar refractivity (Wildman–Crippen MR) is 259 cm³/mol. The molecule has 61 heavy (non-hydrogen) atoms. The zero-order valence-electron chi connectivity index (χ0n) is 33.7. The van der Waals surface area contributed by atoms with Crippen LogP contribution in [0.2, 0.25) is 0 Å². The molecule has 11 rings (SSSR count). The number of aromatic nitrogens is 1. The number of hydrogen-bond donors (Lipinski definition) is 0. The zero-order valence-corrected chi connectivity index (χ0v) is 33.7. The molecule has 11 aromatic rings. The van der Waals surface area contributed by atoms with Gasteiger partial charge in [-0.05, 0) is 92.2 Å². The van der Waals surface area contributed by atoms with Crippen LogP contribution < -0.4 is 4.90 Å². The first-order chi connectivity index (χ1) is 30.3. The van der Waals surface area contributed by atoms with Crippen molar-refractivity contribution < 1.29 is 0 Å². The number of fused-ring (bicyclic) bond motifs is 5. The number of rotatable bonds is 9. The summed E-state index contributed by atoms with van der Waals surface area (Å²) >= 11 is 0. The maximum Gasteiger partial charge on any atom is 0.0547 e. The van der Waals surface area contributed by atoms with Gasteiger partial charge in [0.2, 0.25) is 0 Å². The van der Waals surface area contributed by atoms with Gasteiger partial charge in [-0.15, -0.1) is 0 Å². The van der Waals surface area contributed by atoms with Gasteiger partial charge in [-0.25, -0.2) is 0 Å². The minimum absolute atomic E-state index is 0.740. The van der Waals surface area contributed by atoms with Crippen LogP contribution in [0.15, 0.2) is 243 Å². The number of hydrogen-bond acceptors (Lipinski definition) is 1. The van der Waals surface area contributed by atoms with Gasteiger partial charge >= 0.3 is 0 Å². The second-order valence-corrected chi connectivity index (χ2v) is 15.7. The lowest BCUT2D eigenvalue weighted by molar-refractivity contribution is 1.09. The van der Waals surface area contributed by atoms with Crippen molar-refractivity contribution in [2.45, 2.75) is 6.42 Å². The third-order valence-electron chi connectivity index (χ3n) is 12.1. The molecule has 10 aromatic carbocycles. The molecule has 0 N–H and O–H groups in total. The molecule has 1 aromatic heterocycles. The minimum atomic E-state index is 0.740. The van der Waals surface area contributed by atoms with Crippen molar-refractivity contribution in [3.8, 4) is 39.1 Å². The topological polar surface area (TPSA) is 8.17 Å². The lowest BCUT2D eigenvalue weighted by Gasteiger charge is -2.30. The van der Waals surface area contributed by atoms with Gasteiger partial charge in [-0.1, -0.05) is 200 Å². The van der Waals surface area contributed by atoms with Crippen LogP contribution in [-0.2, 0) is 6.42 Å². The fourth-order valence-corrected chi connectivity index (χ4v) is 9.19. The Balaban J connectivity index is 1.04. The smallest absolute Gasteiger partial charge is 0.0547 e. The Morgan fingerprint density at radius 3 is 1.59 bits per heavy atom. The summed E-state index contributed by atoms with van der Waals surface area (Å²) in [5.74, 6) is 0. The van der Waals surface area contributed by atoms with E-state index >= 15 is 0 Å². The van der Waals surface area contributed by atoms with E-state index in [-0.39, 0.29) is 0 Å². The van der Waals surface area contributed by atoms with Crippen LogP contribution in [0.4, 0.5) is 17.1 Å². The highest BCUT2D eigenvalue weighted by Gasteiger charge is 2.22. The molecule has 0 atom stereocenters. The molecule has 0 bridgehead atoms. The number of nitrogens with zero attached hydrogens (tertiary/aromatic N) is 2. The molecule has 0 aliphatic heterocycles. The van der Waals surface area contributed by atoms with Gasteiger partial charge in [-0.3, -0.25) is 0 Å². The molecule has 288 valence electrons. The molecule has 1 heterocycles. The first-order valence-corrected chi connectivity index (χ1v) is 21.1. The normalized spacial score (nSPS) is 11.3. The summed E-state index contributed by atoms with van der Waals surface area (Å²) in [5.41, 5.74) is 16.7. The maximum atomic E-state index is 2.47. The van der Waals surface area contributed by atoms with Crippen LogP contribution in [0.25, 0.3) is 71.6 Å². The monoisotopic (exact) mass is 778 g/mol. The van der Waals surface area contributed by atoms with Crippen molar-refractivity contribution in [2.75, 3.05) is 4.90 Å². The van der Waals surface area contributed by atoms with Crippen LogP contribution >= 0.6 is 0 Å². The van der Waals surface area contributed by atoms with E-state index in [1.807, 2.05) is 0 Å². The minimum Gasteiger partial charge on any atom is -0.310 e. The molecule has 2 nitrogen and oxygen atoms in total. The van der Waals surface area contributed by atoms with E-state index < -0.39 is 0 Å². The first-order valence-electron chi connectivity index (χ1n) is 21.1. The molecule has 0 unspecified atom stereocenters. The number of para-hydroxylation sites is 4. The van der Waals surface area contributed by atoms with Crippen molar-refractivity contribution in [2.24, 2.45) is 0 Å². The Morgan fingerprint density at radius 1 is 0.328 bits per heavy atom. The third-order valence-corrected chi connectivity index (χ3v) is 12.1. The quantitative estimate of drug-likeness (QED) is 0.142. The molecule has 0 saturated heterocycles. The molecule has 0 spiro atoms. The molecule has 0 aliphatic rings. The summed E-state index contributed by atoms with van der Waals surface area (Å²) in [5, 5.41) is 5.10. The average molecular weight is 779 g/mol. The molecular weight excluding hydrogens is 737 g/mol. The molecule has 0 radical (unpaired) electrons. The van der Waals surface area contributed by atoms with E-state index in [1.54, 1.807) is 0 Å². The van der Waals surface area contributed by atoms with Crippen molar-refractivity contribution >= 4 is 49.6 Å². The Morgan fingerprint density at radius 2 is 0.852 bits per heavy atom. The molecule has 0 fully saturated rings. The Kier molecular flexibility index (Phi) is 9.29. The van der Waals surface area contributed by atoms with Gasteiger partial charge < -0.3 is 9.47 Å². The summed E-state index contributed by atoms with van der Waals surface area (Å²) < 4.78 is 2.47. The second-order valence-electron chi connectivity index (χ2n) is 15.7. The Labute approximate surface area is 356 Å². The van der Waals surface area contributed by atoms with Crippen molar-refractivity contribution in [3.63, 3.8) is 0 Å². The van der Waals surface area contributed by atoms with Crippen LogP contribution in [0.5, 0.6) is 0 Å². The Bertz CT molecular complexity index is 3310. The van der Waals surface area contributed by atoms with E-state index in [1.165, 1.54) is 82.8 Å². The highest BCUT2D eigenvalue weighted by Crippen LogP contribution is 2.44. The fraction of sp³-hybridized carbons (Fsp3) is 0.0169. The lowest BCUT2D eigenvalue weighted by atomic mass is 9.97. The van der Waals surface area contributed by atoms with E-state index in [4.69, 9.17) is 0 Å². The molecule has 2 heteroatoms. The van der Waals surface area contributed by atoms with Crippen molar-refractivity contribution in [1.82, 2.24) is 4.57 Å². The summed E-state index contributed by atoms with van der Waals surface area (Å²) in [7, 11) is 0. The number of benzene rings is 10. The fourth-order valence-electron chi connectivity index (χ4n) is 9.19. The predicted octanol–water partition coefficient (Wildman–Crippen LogP) is 16.0. The second kappa shape index (κ2) is 15.7. The standard InChI is InChI=1S/C59H42N2/c1-3-17-42(18-4-1)43-31-33-44(34-32-43)45-35-38-50(39-36-45)60(56-29-15-11-24-51(56)46-19-5-2-6-20-46)54-27-13-8-22-48(54)41-49-23-9-14-28-55(49)61-57-30-16-12-26-53(57)59-52-25-10-7-21-47(52)37-40-58(59)61/h1-40H,41H2. The van der Waals surface area contributed by atoms with Gasteiger partial charge in [0, 0.05) is 39.8 Å². The van der Waals surface area contributed by atoms with E-state index in [9.17, 15) is 0 Å². The summed E-state index contributed by atoms with van der Waals surface area (Å²) in [6, 6.07) is 88.1. The van der Waals surface area contributed by atoms with E-state index in [0.29, 0.717) is 0 Å². The van der Waals surface area contributed by atoms with Gasteiger partial charge in [0.1, 0.15) is 0 Å². The average Bonchev–Trinajstić information content (AvgIpc) is 3.68. The third kappa shape index (κ3) is 6.65. The van der Waals surface area contributed by atoms with Crippen LogP contribution in [0.1, 0.15) is 11.1 Å². The lowest BCUT2D eigenvalue weighted by Crippen LogP contribution is -2.14. The van der Waals surface area contributed by atoms with E-state index in [2.05, 4.69) is 252 Å².